The van der Waals surface area contributed by atoms with E-state index in [0.29, 0.717) is 29.7 Å². The van der Waals surface area contributed by atoms with Gasteiger partial charge >= 0.3 is 0 Å². The van der Waals surface area contributed by atoms with Crippen LogP contribution in [0.4, 0.5) is 0 Å². The number of thiophene rings is 1. The number of ether oxygens (including phenoxy) is 1. The van der Waals surface area contributed by atoms with Gasteiger partial charge in [0.2, 0.25) is 5.65 Å². The van der Waals surface area contributed by atoms with E-state index >= 15 is 0 Å². The van der Waals surface area contributed by atoms with Gasteiger partial charge in [0.1, 0.15) is 0 Å². The fourth-order valence-electron chi connectivity index (χ4n) is 2.38. The van der Waals surface area contributed by atoms with Gasteiger partial charge in [-0.1, -0.05) is 11.2 Å². The van der Waals surface area contributed by atoms with Crippen LogP contribution in [0.3, 0.4) is 0 Å². The lowest BCUT2D eigenvalue weighted by molar-refractivity contribution is 0.0941. The molecule has 0 unspecified atom stereocenters. The fourth-order valence-corrected chi connectivity index (χ4v) is 3.05. The molecule has 1 N–H and O–H groups in total. The van der Waals surface area contributed by atoms with Crippen molar-refractivity contribution < 1.29 is 14.1 Å². The molecule has 1 amide bonds. The molecule has 0 aromatic carbocycles. The van der Waals surface area contributed by atoms with E-state index in [1.54, 1.807) is 22.9 Å². The highest BCUT2D eigenvalue weighted by Gasteiger charge is 2.16. The maximum Gasteiger partial charge on any atom is 0.273 e. The van der Waals surface area contributed by atoms with Crippen LogP contribution in [0.5, 0.6) is 5.88 Å². The van der Waals surface area contributed by atoms with Gasteiger partial charge in [0.05, 0.1) is 18.0 Å². The predicted octanol–water partition coefficient (Wildman–Crippen LogP) is 2.17. The highest BCUT2D eigenvalue weighted by atomic mass is 32.1. The third kappa shape index (κ3) is 3.02. The summed E-state index contributed by atoms with van der Waals surface area (Å²) in [7, 11) is 0. The van der Waals surface area contributed by atoms with Crippen molar-refractivity contribution in [1.29, 1.82) is 0 Å². The molecule has 4 rings (SSSR count). The Labute approximate surface area is 151 Å². The van der Waals surface area contributed by atoms with Gasteiger partial charge in [0, 0.05) is 18.5 Å². The van der Waals surface area contributed by atoms with E-state index in [2.05, 4.69) is 25.7 Å². The first kappa shape index (κ1) is 16.2. The van der Waals surface area contributed by atoms with Gasteiger partial charge in [0.25, 0.3) is 11.8 Å². The minimum atomic E-state index is -0.354. The molecule has 132 valence electrons. The second-order valence-electron chi connectivity index (χ2n) is 5.21. The summed E-state index contributed by atoms with van der Waals surface area (Å²) in [6.45, 7) is 2.52. The summed E-state index contributed by atoms with van der Waals surface area (Å²) >= 11 is 1.51. The zero-order valence-electron chi connectivity index (χ0n) is 13.7. The maximum atomic E-state index is 12.3. The molecule has 0 radical (unpaired) electrons. The van der Waals surface area contributed by atoms with Crippen molar-refractivity contribution in [3.8, 4) is 16.5 Å². The van der Waals surface area contributed by atoms with Crippen molar-refractivity contribution in [2.24, 2.45) is 0 Å². The summed E-state index contributed by atoms with van der Waals surface area (Å²) < 4.78 is 12.4. The average Bonchev–Trinajstić information content (AvgIpc) is 3.39. The molecule has 4 heterocycles. The van der Waals surface area contributed by atoms with Crippen molar-refractivity contribution in [1.82, 2.24) is 30.1 Å². The number of carbonyl (C=O) groups is 1. The Hall–Kier alpha value is -3.27. The number of aromatic nitrogens is 5. The Kier molecular flexibility index (Phi) is 4.32. The zero-order valence-corrected chi connectivity index (χ0v) is 14.6. The minimum absolute atomic E-state index is 0.177. The summed E-state index contributed by atoms with van der Waals surface area (Å²) in [4.78, 5) is 17.3. The monoisotopic (exact) mass is 370 g/mol. The number of nitrogens with one attached hydrogen (secondary N) is 1. The lowest BCUT2D eigenvalue weighted by Crippen LogP contribution is -2.24. The number of fused-ring (bicyclic) bond motifs is 1. The molecule has 9 nitrogen and oxygen atoms in total. The summed E-state index contributed by atoms with van der Waals surface area (Å²) in [5, 5.41) is 16.7. The standard InChI is InChI=1S/C16H14N6O3S/c1-2-24-16-14-20-19-13(22(14)6-5-17-16)9-18-15(23)10-8-11(25-21-10)12-4-3-7-26-12/h3-8H,2,9H2,1H3,(H,18,23). The number of rotatable bonds is 6. The first-order valence-corrected chi connectivity index (χ1v) is 8.74. The molecule has 10 heteroatoms. The molecule has 0 bridgehead atoms. The van der Waals surface area contributed by atoms with Gasteiger partial charge in [-0.15, -0.1) is 21.5 Å². The van der Waals surface area contributed by atoms with Crippen LogP contribution in [-0.2, 0) is 6.54 Å². The topological polar surface area (TPSA) is 107 Å². The lowest BCUT2D eigenvalue weighted by atomic mass is 10.3. The fraction of sp³-hybridized carbons (Fsp3) is 0.188. The van der Waals surface area contributed by atoms with Gasteiger partial charge in [-0.3, -0.25) is 9.20 Å². The van der Waals surface area contributed by atoms with E-state index in [1.165, 1.54) is 11.3 Å². The summed E-state index contributed by atoms with van der Waals surface area (Å²) in [5.74, 6) is 1.16. The third-order valence-corrected chi connectivity index (χ3v) is 4.44. The van der Waals surface area contributed by atoms with Crippen LogP contribution < -0.4 is 10.1 Å². The highest BCUT2D eigenvalue weighted by Crippen LogP contribution is 2.25. The molecule has 0 saturated heterocycles. The maximum absolute atomic E-state index is 12.3. The number of nitrogens with zero attached hydrogens (tertiary/aromatic N) is 5. The van der Waals surface area contributed by atoms with Gasteiger partial charge < -0.3 is 14.6 Å². The summed E-state index contributed by atoms with van der Waals surface area (Å²) in [6, 6.07) is 5.42. The van der Waals surface area contributed by atoms with Crippen LogP contribution in [0.15, 0.2) is 40.5 Å². The van der Waals surface area contributed by atoms with Gasteiger partial charge in [-0.25, -0.2) is 4.98 Å². The van der Waals surface area contributed by atoms with E-state index in [9.17, 15) is 4.79 Å². The largest absolute Gasteiger partial charge is 0.475 e. The Bertz CT molecular complexity index is 1040. The van der Waals surface area contributed by atoms with Crippen molar-refractivity contribution in [2.75, 3.05) is 6.61 Å². The van der Waals surface area contributed by atoms with E-state index in [1.807, 2.05) is 24.4 Å². The zero-order chi connectivity index (χ0) is 17.9. The lowest BCUT2D eigenvalue weighted by Gasteiger charge is -2.04. The second kappa shape index (κ2) is 6.92. The molecule has 4 aromatic rings. The molecule has 0 saturated carbocycles. The number of hydrogen-bond acceptors (Lipinski definition) is 8. The summed E-state index contributed by atoms with van der Waals surface area (Å²) in [6.07, 6.45) is 3.31. The van der Waals surface area contributed by atoms with Gasteiger partial charge in [-0.05, 0) is 18.4 Å². The van der Waals surface area contributed by atoms with Crippen LogP contribution in [0.2, 0.25) is 0 Å². The first-order valence-electron chi connectivity index (χ1n) is 7.86. The average molecular weight is 370 g/mol. The van der Waals surface area contributed by atoms with Crippen molar-refractivity contribution in [2.45, 2.75) is 13.5 Å². The molecule has 0 aliphatic carbocycles. The molecule has 4 aromatic heterocycles. The molecule has 0 fully saturated rings. The highest BCUT2D eigenvalue weighted by molar-refractivity contribution is 7.13. The van der Waals surface area contributed by atoms with E-state index in [0.717, 1.165) is 4.88 Å². The first-order chi connectivity index (χ1) is 12.8. The Morgan fingerprint density at radius 2 is 2.35 bits per heavy atom. The molecule has 0 aliphatic heterocycles. The quantitative estimate of drug-likeness (QED) is 0.554. The predicted molar refractivity (Wildman–Crippen MR) is 92.9 cm³/mol. The van der Waals surface area contributed by atoms with Crippen LogP contribution in [0, 0.1) is 0 Å². The second-order valence-corrected chi connectivity index (χ2v) is 6.16. The van der Waals surface area contributed by atoms with Crippen molar-refractivity contribution in [3.05, 3.63) is 47.5 Å². The van der Waals surface area contributed by atoms with Crippen molar-refractivity contribution >= 4 is 22.9 Å². The minimum Gasteiger partial charge on any atom is -0.475 e. The smallest absolute Gasteiger partial charge is 0.273 e. The molecular weight excluding hydrogens is 356 g/mol. The van der Waals surface area contributed by atoms with Crippen LogP contribution in [0.1, 0.15) is 23.2 Å². The SMILES string of the molecule is CCOc1nccn2c(CNC(=O)c3cc(-c4cccs4)on3)nnc12. The molecule has 0 spiro atoms. The van der Waals surface area contributed by atoms with E-state index in [4.69, 9.17) is 9.26 Å². The van der Waals surface area contributed by atoms with Crippen molar-refractivity contribution in [3.63, 3.8) is 0 Å². The van der Waals surface area contributed by atoms with Crippen LogP contribution >= 0.6 is 11.3 Å². The third-order valence-electron chi connectivity index (χ3n) is 3.56. The Morgan fingerprint density at radius 3 is 3.15 bits per heavy atom. The summed E-state index contributed by atoms with van der Waals surface area (Å²) in [5.41, 5.74) is 0.707. The van der Waals surface area contributed by atoms with E-state index < -0.39 is 0 Å². The molecular formula is C16H14N6O3S. The molecule has 0 atom stereocenters. The number of amides is 1. The Morgan fingerprint density at radius 1 is 1.42 bits per heavy atom. The van der Waals surface area contributed by atoms with Gasteiger partial charge in [-0.2, -0.15) is 0 Å². The van der Waals surface area contributed by atoms with Gasteiger partial charge in [0.15, 0.2) is 17.3 Å². The molecule has 0 aliphatic rings. The van der Waals surface area contributed by atoms with E-state index in [-0.39, 0.29) is 18.1 Å². The molecule has 26 heavy (non-hydrogen) atoms. The Balaban J connectivity index is 1.48. The normalized spacial score (nSPS) is 11.0. The van der Waals surface area contributed by atoms with Crippen LogP contribution in [0.25, 0.3) is 16.3 Å². The number of carbonyl (C=O) groups excluding carboxylic acids is 1. The van der Waals surface area contributed by atoms with Crippen LogP contribution in [-0.4, -0.2) is 37.3 Å². The number of hydrogen-bond donors (Lipinski definition) is 1.